The Bertz CT molecular complexity index is 446. The van der Waals surface area contributed by atoms with Crippen molar-refractivity contribution >= 4 is 29.3 Å². The topological polar surface area (TPSA) is 58.6 Å². The third kappa shape index (κ3) is 3.35. The molecule has 0 unspecified atom stereocenters. The summed E-state index contributed by atoms with van der Waals surface area (Å²) in [4.78, 5) is 24.3. The van der Waals surface area contributed by atoms with Crippen LogP contribution >= 0.6 is 11.6 Å². The lowest BCUT2D eigenvalue weighted by molar-refractivity contribution is 0.0602. The molecule has 1 aromatic carbocycles. The highest BCUT2D eigenvalue weighted by Gasteiger charge is 2.15. The van der Waals surface area contributed by atoms with Crippen molar-refractivity contribution in [2.75, 3.05) is 26.5 Å². The molecule has 0 aliphatic carbocycles. The Kier molecular flexibility index (Phi) is 4.34. The highest BCUT2D eigenvalue weighted by molar-refractivity contribution is 6.31. The Morgan fingerprint density at radius 3 is 2.53 bits per heavy atom. The first kappa shape index (κ1) is 13.3. The first-order valence-electron chi connectivity index (χ1n) is 4.82. The molecule has 0 spiro atoms. The third-order valence-corrected chi connectivity index (χ3v) is 2.27. The van der Waals surface area contributed by atoms with Crippen molar-refractivity contribution in [1.82, 2.24) is 4.90 Å². The fraction of sp³-hybridized carbons (Fsp3) is 0.273. The van der Waals surface area contributed by atoms with Crippen molar-refractivity contribution in [3.63, 3.8) is 0 Å². The molecule has 0 aliphatic rings. The van der Waals surface area contributed by atoms with Gasteiger partial charge in [0.25, 0.3) is 0 Å². The lowest BCUT2D eigenvalue weighted by Gasteiger charge is -2.14. The summed E-state index contributed by atoms with van der Waals surface area (Å²) in [7, 11) is 4.47. The van der Waals surface area contributed by atoms with Gasteiger partial charge in [-0.05, 0) is 18.2 Å². The minimum Gasteiger partial charge on any atom is -0.465 e. The van der Waals surface area contributed by atoms with Gasteiger partial charge in [0.1, 0.15) is 0 Å². The van der Waals surface area contributed by atoms with Crippen molar-refractivity contribution in [2.45, 2.75) is 0 Å². The minimum atomic E-state index is -0.554. The minimum absolute atomic E-state index is 0.218. The molecule has 0 aliphatic heterocycles. The van der Waals surface area contributed by atoms with E-state index in [0.29, 0.717) is 10.7 Å². The SMILES string of the molecule is COC(=O)c1cc(Cl)ccc1NC(=O)N(C)C. The Labute approximate surface area is 104 Å². The van der Waals surface area contributed by atoms with Gasteiger partial charge in [-0.3, -0.25) is 0 Å². The molecule has 0 saturated carbocycles. The van der Waals surface area contributed by atoms with Crippen LogP contribution in [0, 0.1) is 0 Å². The largest absolute Gasteiger partial charge is 0.465 e. The summed E-state index contributed by atoms with van der Waals surface area (Å²) >= 11 is 5.79. The Balaban J connectivity index is 3.06. The van der Waals surface area contributed by atoms with Gasteiger partial charge in [-0.1, -0.05) is 11.6 Å². The van der Waals surface area contributed by atoms with Gasteiger partial charge in [0.05, 0.1) is 18.4 Å². The van der Waals surface area contributed by atoms with E-state index in [4.69, 9.17) is 11.6 Å². The third-order valence-electron chi connectivity index (χ3n) is 2.03. The van der Waals surface area contributed by atoms with Gasteiger partial charge in [-0.2, -0.15) is 0 Å². The van der Waals surface area contributed by atoms with E-state index in [1.54, 1.807) is 26.2 Å². The molecule has 0 bridgehead atoms. The molecule has 0 saturated heterocycles. The molecule has 1 rings (SSSR count). The van der Waals surface area contributed by atoms with E-state index in [1.807, 2.05) is 0 Å². The van der Waals surface area contributed by atoms with Gasteiger partial charge in [0.2, 0.25) is 0 Å². The number of carbonyl (C=O) groups is 2. The summed E-state index contributed by atoms with van der Waals surface area (Å²) in [5.41, 5.74) is 0.579. The zero-order valence-electron chi connectivity index (χ0n) is 9.78. The maximum atomic E-state index is 11.5. The number of methoxy groups -OCH3 is 1. The van der Waals surface area contributed by atoms with Crippen LogP contribution in [0.2, 0.25) is 5.02 Å². The Morgan fingerprint density at radius 2 is 2.00 bits per heavy atom. The number of esters is 1. The number of rotatable bonds is 2. The monoisotopic (exact) mass is 256 g/mol. The fourth-order valence-electron chi connectivity index (χ4n) is 1.13. The summed E-state index contributed by atoms with van der Waals surface area (Å²) in [5.74, 6) is -0.554. The predicted octanol–water partition coefficient (Wildman–Crippen LogP) is 2.22. The molecule has 17 heavy (non-hydrogen) atoms. The number of urea groups is 1. The zero-order chi connectivity index (χ0) is 13.0. The van der Waals surface area contributed by atoms with Gasteiger partial charge in [0, 0.05) is 19.1 Å². The maximum absolute atomic E-state index is 11.5. The molecule has 1 aromatic rings. The summed E-state index contributed by atoms with van der Waals surface area (Å²) in [6.45, 7) is 0. The number of nitrogens with zero attached hydrogens (tertiary/aromatic N) is 1. The van der Waals surface area contributed by atoms with Gasteiger partial charge in [-0.15, -0.1) is 0 Å². The van der Waals surface area contributed by atoms with Crippen LogP contribution in [0.15, 0.2) is 18.2 Å². The average molecular weight is 257 g/mol. The molecule has 0 aromatic heterocycles. The number of anilines is 1. The summed E-state index contributed by atoms with van der Waals surface area (Å²) in [5, 5.41) is 2.98. The molecular weight excluding hydrogens is 244 g/mol. The van der Waals surface area contributed by atoms with Crippen LogP contribution in [-0.4, -0.2) is 38.1 Å². The van der Waals surface area contributed by atoms with Crippen molar-refractivity contribution < 1.29 is 14.3 Å². The number of carbonyl (C=O) groups excluding carboxylic acids is 2. The van der Waals surface area contributed by atoms with Crippen molar-refractivity contribution in [2.24, 2.45) is 0 Å². The highest BCUT2D eigenvalue weighted by Crippen LogP contribution is 2.21. The zero-order valence-corrected chi connectivity index (χ0v) is 10.5. The summed E-state index contributed by atoms with van der Waals surface area (Å²) < 4.78 is 4.61. The van der Waals surface area contributed by atoms with Crippen LogP contribution in [0.4, 0.5) is 10.5 Å². The van der Waals surface area contributed by atoms with Gasteiger partial charge >= 0.3 is 12.0 Å². The van der Waals surface area contributed by atoms with E-state index in [9.17, 15) is 9.59 Å². The standard InChI is InChI=1S/C11H13ClN2O3/c1-14(2)11(16)13-9-5-4-7(12)6-8(9)10(15)17-3/h4-6H,1-3H3,(H,13,16). The molecular formula is C11H13ClN2O3. The van der Waals surface area contributed by atoms with E-state index in [1.165, 1.54) is 18.1 Å². The van der Waals surface area contributed by atoms with E-state index in [2.05, 4.69) is 10.1 Å². The summed E-state index contributed by atoms with van der Waals surface area (Å²) in [6.07, 6.45) is 0. The summed E-state index contributed by atoms with van der Waals surface area (Å²) in [6, 6.07) is 4.24. The van der Waals surface area contributed by atoms with Crippen LogP contribution in [0.1, 0.15) is 10.4 Å². The van der Waals surface area contributed by atoms with Gasteiger partial charge < -0.3 is 15.0 Å². The first-order valence-corrected chi connectivity index (χ1v) is 5.19. The fourth-order valence-corrected chi connectivity index (χ4v) is 1.30. The Hall–Kier alpha value is -1.75. The van der Waals surface area contributed by atoms with Crippen molar-refractivity contribution in [1.29, 1.82) is 0 Å². The molecule has 0 heterocycles. The van der Waals surface area contributed by atoms with E-state index in [-0.39, 0.29) is 11.6 Å². The smallest absolute Gasteiger partial charge is 0.340 e. The van der Waals surface area contributed by atoms with Gasteiger partial charge in [-0.25, -0.2) is 9.59 Å². The number of amides is 2. The number of hydrogen-bond donors (Lipinski definition) is 1. The number of benzene rings is 1. The molecule has 0 atom stereocenters. The molecule has 0 fully saturated rings. The number of halogens is 1. The number of nitrogens with one attached hydrogen (secondary N) is 1. The van der Waals surface area contributed by atoms with E-state index in [0.717, 1.165) is 0 Å². The molecule has 0 radical (unpaired) electrons. The van der Waals surface area contributed by atoms with Crippen LogP contribution in [0.3, 0.4) is 0 Å². The lowest BCUT2D eigenvalue weighted by atomic mass is 10.2. The molecule has 92 valence electrons. The first-order chi connectivity index (χ1) is 7.95. The molecule has 2 amide bonds. The van der Waals surface area contributed by atoms with Crippen molar-refractivity contribution in [3.8, 4) is 0 Å². The lowest BCUT2D eigenvalue weighted by Crippen LogP contribution is -2.28. The highest BCUT2D eigenvalue weighted by atomic mass is 35.5. The quantitative estimate of drug-likeness (QED) is 0.826. The van der Waals surface area contributed by atoms with E-state index >= 15 is 0 Å². The van der Waals surface area contributed by atoms with Crippen LogP contribution in [0.5, 0.6) is 0 Å². The second-order valence-electron chi connectivity index (χ2n) is 3.51. The van der Waals surface area contributed by atoms with Crippen LogP contribution in [-0.2, 0) is 4.74 Å². The second kappa shape index (κ2) is 5.54. The Morgan fingerprint density at radius 1 is 1.35 bits per heavy atom. The average Bonchev–Trinajstić information content (AvgIpc) is 2.30. The molecule has 1 N–H and O–H groups in total. The van der Waals surface area contributed by atoms with E-state index < -0.39 is 5.97 Å². The molecule has 5 nitrogen and oxygen atoms in total. The number of hydrogen-bond acceptors (Lipinski definition) is 3. The van der Waals surface area contributed by atoms with Crippen LogP contribution in [0.25, 0.3) is 0 Å². The maximum Gasteiger partial charge on any atom is 0.340 e. The second-order valence-corrected chi connectivity index (χ2v) is 3.94. The normalized spacial score (nSPS) is 9.65. The van der Waals surface area contributed by atoms with Crippen LogP contribution < -0.4 is 5.32 Å². The number of ether oxygens (including phenoxy) is 1. The van der Waals surface area contributed by atoms with Crippen molar-refractivity contribution in [3.05, 3.63) is 28.8 Å². The van der Waals surface area contributed by atoms with Gasteiger partial charge in [0.15, 0.2) is 0 Å². The predicted molar refractivity (Wildman–Crippen MR) is 65.5 cm³/mol. The molecule has 6 heteroatoms.